The maximum Gasteiger partial charge on any atom is 0.259 e. The Morgan fingerprint density at radius 1 is 1.24 bits per heavy atom. The number of aromatic amines is 1. The van der Waals surface area contributed by atoms with E-state index in [4.69, 9.17) is 4.74 Å². The van der Waals surface area contributed by atoms with E-state index in [1.165, 1.54) is 28.6 Å². The van der Waals surface area contributed by atoms with Crippen LogP contribution >= 0.6 is 23.1 Å². The molecule has 3 aromatic heterocycles. The summed E-state index contributed by atoms with van der Waals surface area (Å²) in [6.07, 6.45) is 6.17. The van der Waals surface area contributed by atoms with Crippen LogP contribution in [0.5, 0.6) is 5.75 Å². The van der Waals surface area contributed by atoms with Crippen molar-refractivity contribution in [1.29, 1.82) is 0 Å². The first-order valence-electron chi connectivity index (χ1n) is 11.2. The second-order valence-electron chi connectivity index (χ2n) is 8.12. The Kier molecular flexibility index (Phi) is 6.68. The van der Waals surface area contributed by atoms with Crippen molar-refractivity contribution in [2.24, 2.45) is 0 Å². The van der Waals surface area contributed by atoms with Gasteiger partial charge >= 0.3 is 0 Å². The first kappa shape index (κ1) is 22.7. The third kappa shape index (κ3) is 4.88. The quantitative estimate of drug-likeness (QED) is 0.387. The molecule has 1 amide bonds. The number of carbonyl (C=O) groups excluding carboxylic acids is 1. The predicted octanol–water partition coefficient (Wildman–Crippen LogP) is 3.61. The molecule has 0 spiro atoms. The lowest BCUT2D eigenvalue weighted by Crippen LogP contribution is -2.25. The summed E-state index contributed by atoms with van der Waals surface area (Å²) < 4.78 is 6.94. The number of nitrogens with zero attached hydrogens (tertiary/aromatic N) is 3. The molecular weight excluding hydrogens is 470 g/mol. The summed E-state index contributed by atoms with van der Waals surface area (Å²) in [4.78, 5) is 34.6. The average Bonchev–Trinajstić information content (AvgIpc) is 3.47. The highest BCUT2D eigenvalue weighted by Gasteiger charge is 2.19. The van der Waals surface area contributed by atoms with E-state index in [9.17, 15) is 9.59 Å². The largest absolute Gasteiger partial charge is 0.497 e. The van der Waals surface area contributed by atoms with E-state index >= 15 is 0 Å². The van der Waals surface area contributed by atoms with Gasteiger partial charge in [0, 0.05) is 11.1 Å². The minimum Gasteiger partial charge on any atom is -0.497 e. The van der Waals surface area contributed by atoms with Gasteiger partial charge in [-0.15, -0.1) is 23.1 Å². The zero-order valence-corrected chi connectivity index (χ0v) is 20.4. The molecule has 0 fully saturated rings. The minimum absolute atomic E-state index is 0.0584. The summed E-state index contributed by atoms with van der Waals surface area (Å²) in [6.45, 7) is 0.352. The average molecular weight is 496 g/mol. The van der Waals surface area contributed by atoms with Gasteiger partial charge in [0.15, 0.2) is 0 Å². The molecule has 0 saturated heterocycles. The van der Waals surface area contributed by atoms with E-state index < -0.39 is 0 Å². The van der Waals surface area contributed by atoms with E-state index in [1.54, 1.807) is 23.1 Å². The molecule has 0 unspecified atom stereocenters. The molecule has 34 heavy (non-hydrogen) atoms. The lowest BCUT2D eigenvalue weighted by atomic mass is 9.97. The second-order valence-corrected chi connectivity index (χ2v) is 10.2. The molecule has 0 atom stereocenters. The summed E-state index contributed by atoms with van der Waals surface area (Å²) >= 11 is 3.07. The monoisotopic (exact) mass is 495 g/mol. The van der Waals surface area contributed by atoms with Gasteiger partial charge in [0.05, 0.1) is 41.9 Å². The number of hydrogen-bond donors (Lipinski definition) is 2. The fourth-order valence-corrected chi connectivity index (χ4v) is 6.09. The molecule has 8 nitrogen and oxygen atoms in total. The van der Waals surface area contributed by atoms with Gasteiger partial charge in [-0.2, -0.15) is 5.10 Å². The van der Waals surface area contributed by atoms with Gasteiger partial charge in [-0.05, 0) is 61.6 Å². The van der Waals surface area contributed by atoms with Crippen LogP contribution in [0.25, 0.3) is 15.9 Å². The van der Waals surface area contributed by atoms with Crippen molar-refractivity contribution in [3.8, 4) is 11.4 Å². The van der Waals surface area contributed by atoms with Gasteiger partial charge in [0.2, 0.25) is 5.91 Å². The Morgan fingerprint density at radius 3 is 2.88 bits per heavy atom. The molecule has 1 aromatic carbocycles. The summed E-state index contributed by atoms with van der Waals surface area (Å²) in [7, 11) is 1.63. The highest BCUT2D eigenvalue weighted by molar-refractivity contribution is 7.99. The molecule has 2 N–H and O–H groups in total. The molecule has 1 aliphatic carbocycles. The van der Waals surface area contributed by atoms with Crippen LogP contribution in [0, 0.1) is 0 Å². The van der Waals surface area contributed by atoms with E-state index in [1.807, 2.05) is 36.5 Å². The van der Waals surface area contributed by atoms with Crippen LogP contribution in [0.15, 0.2) is 41.3 Å². The van der Waals surface area contributed by atoms with Crippen LogP contribution in [0.2, 0.25) is 0 Å². The summed E-state index contributed by atoms with van der Waals surface area (Å²) in [5, 5.41) is 8.17. The topological polar surface area (TPSA) is 102 Å². The van der Waals surface area contributed by atoms with Gasteiger partial charge in [-0.25, -0.2) is 9.67 Å². The number of hydrogen-bond acceptors (Lipinski definition) is 7. The number of aromatic nitrogens is 4. The van der Waals surface area contributed by atoms with E-state index in [2.05, 4.69) is 20.4 Å². The Hall–Kier alpha value is -3.11. The number of fused-ring (bicyclic) bond motifs is 3. The SMILES string of the molecule is COc1ccc(-n2ccc(CNC(=O)CSCc3nc4sc5c(c4c(=O)[nH]3)CCCC5)n2)cc1. The Morgan fingerprint density at radius 2 is 2.06 bits per heavy atom. The number of ether oxygens (including phenoxy) is 1. The molecule has 0 aliphatic heterocycles. The Balaban J connectivity index is 1.13. The summed E-state index contributed by atoms with van der Waals surface area (Å²) in [5.74, 6) is 2.08. The molecule has 0 bridgehead atoms. The third-order valence-corrected chi connectivity index (χ3v) is 7.92. The number of benzene rings is 1. The Labute approximate surface area is 204 Å². The molecule has 0 radical (unpaired) electrons. The number of thioether (sulfide) groups is 1. The zero-order chi connectivity index (χ0) is 23.5. The van der Waals surface area contributed by atoms with Crippen molar-refractivity contribution in [2.75, 3.05) is 12.9 Å². The number of aryl methyl sites for hydroxylation is 2. The highest BCUT2D eigenvalue weighted by atomic mass is 32.2. The summed E-state index contributed by atoms with van der Waals surface area (Å²) in [5.41, 5.74) is 2.82. The van der Waals surface area contributed by atoms with Crippen molar-refractivity contribution >= 4 is 39.2 Å². The predicted molar refractivity (Wildman–Crippen MR) is 135 cm³/mol. The molecule has 3 heterocycles. The van der Waals surface area contributed by atoms with Gasteiger partial charge in [-0.3, -0.25) is 9.59 Å². The first-order chi connectivity index (χ1) is 16.6. The molecule has 4 aromatic rings. The van der Waals surface area contributed by atoms with Crippen LogP contribution in [0.4, 0.5) is 0 Å². The van der Waals surface area contributed by atoms with Crippen molar-refractivity contribution in [2.45, 2.75) is 38.0 Å². The normalized spacial score (nSPS) is 13.1. The summed E-state index contributed by atoms with van der Waals surface area (Å²) in [6, 6.07) is 9.48. The number of H-pyrrole nitrogens is 1. The number of carbonyl (C=O) groups is 1. The standard InChI is InChI=1S/C24H25N5O3S2/c1-32-17-8-6-16(7-9-17)29-11-10-15(28-29)12-25-21(30)14-33-13-20-26-23(31)22-18-4-2-3-5-19(18)34-24(22)27-20/h6-11H,2-5,12-14H2,1H3,(H,25,30)(H,26,27,31). The van der Waals surface area contributed by atoms with Crippen LogP contribution in [-0.4, -0.2) is 38.5 Å². The van der Waals surface area contributed by atoms with Crippen LogP contribution in [-0.2, 0) is 29.9 Å². The zero-order valence-electron chi connectivity index (χ0n) is 18.8. The number of rotatable bonds is 8. The van der Waals surface area contributed by atoms with Gasteiger partial charge in [0.1, 0.15) is 16.4 Å². The van der Waals surface area contributed by atoms with Crippen molar-refractivity contribution in [3.05, 3.63) is 68.8 Å². The smallest absolute Gasteiger partial charge is 0.259 e. The van der Waals surface area contributed by atoms with Gasteiger partial charge < -0.3 is 15.0 Å². The van der Waals surface area contributed by atoms with Crippen molar-refractivity contribution in [1.82, 2.24) is 25.1 Å². The van der Waals surface area contributed by atoms with E-state index in [-0.39, 0.29) is 17.2 Å². The molecule has 176 valence electrons. The molecule has 0 saturated carbocycles. The maximum absolute atomic E-state index is 12.6. The number of amides is 1. The number of methoxy groups -OCH3 is 1. The number of nitrogens with one attached hydrogen (secondary N) is 2. The minimum atomic E-state index is -0.0842. The van der Waals surface area contributed by atoms with E-state index in [0.29, 0.717) is 18.1 Å². The fraction of sp³-hybridized carbons (Fsp3) is 0.333. The molecule has 1 aliphatic rings. The van der Waals surface area contributed by atoms with Crippen LogP contribution < -0.4 is 15.6 Å². The first-order valence-corrected chi connectivity index (χ1v) is 13.1. The number of thiophene rings is 1. The molecular formula is C24H25N5O3S2. The Bertz CT molecular complexity index is 1370. The highest BCUT2D eigenvalue weighted by Crippen LogP contribution is 2.33. The fourth-order valence-electron chi connectivity index (χ4n) is 4.09. The molecule has 10 heteroatoms. The maximum atomic E-state index is 12.6. The van der Waals surface area contributed by atoms with Crippen LogP contribution in [0.3, 0.4) is 0 Å². The van der Waals surface area contributed by atoms with Crippen molar-refractivity contribution in [3.63, 3.8) is 0 Å². The second kappa shape index (κ2) is 10.0. The lowest BCUT2D eigenvalue weighted by Gasteiger charge is -2.09. The van der Waals surface area contributed by atoms with Gasteiger partial charge in [-0.1, -0.05) is 0 Å². The third-order valence-electron chi connectivity index (χ3n) is 5.79. The van der Waals surface area contributed by atoms with E-state index in [0.717, 1.165) is 46.6 Å². The van der Waals surface area contributed by atoms with Crippen LogP contribution in [0.1, 0.15) is 34.8 Å². The lowest BCUT2D eigenvalue weighted by molar-refractivity contribution is -0.118. The van der Waals surface area contributed by atoms with Gasteiger partial charge in [0.25, 0.3) is 5.56 Å². The molecule has 5 rings (SSSR count). The van der Waals surface area contributed by atoms with Crippen molar-refractivity contribution < 1.29 is 9.53 Å².